The predicted octanol–water partition coefficient (Wildman–Crippen LogP) is 2.91. The smallest absolute Gasteiger partial charge is 0.262 e. The number of H-pyrrole nitrogens is 1. The molecule has 3 rings (SSSR count). The summed E-state index contributed by atoms with van der Waals surface area (Å²) in [5.41, 5.74) is 2.08. The Morgan fingerprint density at radius 1 is 1.16 bits per heavy atom. The van der Waals surface area contributed by atoms with Gasteiger partial charge < -0.3 is 15.2 Å². The van der Waals surface area contributed by atoms with Crippen LogP contribution < -0.4 is 15.8 Å². The molecule has 8 heteroatoms. The highest BCUT2D eigenvalue weighted by atomic mass is 79.9. The molecule has 0 unspecified atom stereocenters. The van der Waals surface area contributed by atoms with Gasteiger partial charge in [0.2, 0.25) is 0 Å². The number of hydrogen-bond acceptors (Lipinski definition) is 3. The van der Waals surface area contributed by atoms with E-state index in [2.05, 4.69) is 40.1 Å². The van der Waals surface area contributed by atoms with Crippen LogP contribution >= 0.6 is 28.1 Å². The zero-order chi connectivity index (χ0) is 22.4. The average Bonchev–Trinajstić information content (AvgIpc) is 2.77. The lowest BCUT2D eigenvalue weighted by Gasteiger charge is -2.15. The van der Waals surface area contributed by atoms with E-state index in [0.717, 1.165) is 36.1 Å². The maximum atomic E-state index is 12.9. The minimum atomic E-state index is -0.141. The second-order valence-electron chi connectivity index (χ2n) is 7.52. The lowest BCUT2D eigenvalue weighted by atomic mass is 10.1. The molecule has 1 aromatic heterocycles. The van der Waals surface area contributed by atoms with E-state index < -0.39 is 0 Å². The summed E-state index contributed by atoms with van der Waals surface area (Å²) in [5, 5.41) is 3.56. The molecule has 0 saturated carbocycles. The molecule has 0 fully saturated rings. The number of amides is 1. The summed E-state index contributed by atoms with van der Waals surface area (Å²) in [7, 11) is 0. The molecule has 0 aliphatic carbocycles. The number of carbonyl (C=O) groups excluding carboxylic acids is 1. The maximum Gasteiger partial charge on any atom is 0.262 e. The van der Waals surface area contributed by atoms with Crippen LogP contribution in [0, 0.1) is 4.77 Å². The Balaban J connectivity index is 1.66. The minimum Gasteiger partial charge on any atom is -0.352 e. The van der Waals surface area contributed by atoms with E-state index in [1.54, 1.807) is 18.2 Å². The van der Waals surface area contributed by atoms with E-state index in [1.807, 2.05) is 24.3 Å². The number of quaternary nitrogens is 1. The van der Waals surface area contributed by atoms with Crippen molar-refractivity contribution in [2.24, 2.45) is 0 Å². The molecular weight excluding hydrogens is 476 g/mol. The molecule has 1 heterocycles. The SMILES string of the molecule is CC[NH+](CC)CCCNC(=O)c1ccc(Cn2c(=S)[nH]c3ccc(Br)cc3c2=O)cc1. The van der Waals surface area contributed by atoms with Crippen molar-refractivity contribution in [3.05, 3.63) is 73.2 Å². The van der Waals surface area contributed by atoms with Crippen LogP contribution in [0.25, 0.3) is 10.9 Å². The fourth-order valence-corrected chi connectivity index (χ4v) is 4.17. The molecular formula is C23H28BrN4O2S+. The van der Waals surface area contributed by atoms with Gasteiger partial charge in [-0.15, -0.1) is 0 Å². The van der Waals surface area contributed by atoms with Crippen LogP contribution in [0.5, 0.6) is 0 Å². The quantitative estimate of drug-likeness (QED) is 0.310. The number of fused-ring (bicyclic) bond motifs is 1. The first-order valence-electron chi connectivity index (χ1n) is 10.6. The second kappa shape index (κ2) is 10.8. The fraction of sp³-hybridized carbons (Fsp3) is 0.348. The first-order valence-corrected chi connectivity index (χ1v) is 11.8. The standard InChI is InChI=1S/C23H27BrN4O2S/c1-3-27(4-2)13-5-12-25-21(29)17-8-6-16(7-9-17)15-28-22(30)19-14-18(24)10-11-20(19)26-23(28)31/h6-11,14H,3-5,12-13,15H2,1-2H3,(H,25,29)(H,26,31)/p+1. The first-order chi connectivity index (χ1) is 14.9. The van der Waals surface area contributed by atoms with Gasteiger partial charge in [0.05, 0.1) is 37.1 Å². The van der Waals surface area contributed by atoms with Gasteiger partial charge in [-0.05, 0) is 62.0 Å². The zero-order valence-corrected chi connectivity index (χ0v) is 20.2. The van der Waals surface area contributed by atoms with Crippen LogP contribution in [-0.2, 0) is 6.54 Å². The van der Waals surface area contributed by atoms with Crippen LogP contribution in [0.1, 0.15) is 36.2 Å². The van der Waals surface area contributed by atoms with Gasteiger partial charge in [0.1, 0.15) is 0 Å². The number of carbonyl (C=O) groups is 1. The van der Waals surface area contributed by atoms with Crippen molar-refractivity contribution in [2.75, 3.05) is 26.2 Å². The number of nitrogens with one attached hydrogen (secondary N) is 3. The van der Waals surface area contributed by atoms with Crippen LogP contribution in [0.3, 0.4) is 0 Å². The van der Waals surface area contributed by atoms with Gasteiger partial charge in [0.15, 0.2) is 4.77 Å². The summed E-state index contributed by atoms with van der Waals surface area (Å²) >= 11 is 8.80. The molecule has 0 atom stereocenters. The highest BCUT2D eigenvalue weighted by molar-refractivity contribution is 9.10. The molecule has 3 aromatic rings. The normalized spacial score (nSPS) is 11.2. The Bertz CT molecular complexity index is 1170. The Hall–Kier alpha value is -2.29. The van der Waals surface area contributed by atoms with E-state index in [1.165, 1.54) is 9.47 Å². The van der Waals surface area contributed by atoms with Gasteiger partial charge >= 0.3 is 0 Å². The van der Waals surface area contributed by atoms with Crippen LogP contribution in [0.2, 0.25) is 0 Å². The Morgan fingerprint density at radius 2 is 1.87 bits per heavy atom. The van der Waals surface area contributed by atoms with Crippen molar-refractivity contribution in [1.82, 2.24) is 14.9 Å². The number of rotatable bonds is 9. The summed E-state index contributed by atoms with van der Waals surface area (Å²) in [4.78, 5) is 29.9. The van der Waals surface area contributed by atoms with Gasteiger partial charge in [-0.25, -0.2) is 0 Å². The van der Waals surface area contributed by atoms with Crippen molar-refractivity contribution in [2.45, 2.75) is 26.8 Å². The maximum absolute atomic E-state index is 12.9. The van der Waals surface area contributed by atoms with Gasteiger partial charge in [-0.3, -0.25) is 14.2 Å². The third kappa shape index (κ3) is 5.90. The van der Waals surface area contributed by atoms with E-state index >= 15 is 0 Å². The van der Waals surface area contributed by atoms with E-state index in [0.29, 0.717) is 34.3 Å². The molecule has 31 heavy (non-hydrogen) atoms. The average molecular weight is 504 g/mol. The lowest BCUT2D eigenvalue weighted by molar-refractivity contribution is -0.896. The number of benzene rings is 2. The Morgan fingerprint density at radius 3 is 2.55 bits per heavy atom. The molecule has 0 bridgehead atoms. The van der Waals surface area contributed by atoms with Gasteiger partial charge in [-0.2, -0.15) is 0 Å². The Labute approximate surface area is 195 Å². The molecule has 0 spiro atoms. The van der Waals surface area contributed by atoms with E-state index in [4.69, 9.17) is 12.2 Å². The molecule has 164 valence electrons. The molecule has 6 nitrogen and oxygen atoms in total. The highest BCUT2D eigenvalue weighted by Gasteiger charge is 2.09. The third-order valence-electron chi connectivity index (χ3n) is 5.49. The topological polar surface area (TPSA) is 71.3 Å². The molecule has 2 aromatic carbocycles. The van der Waals surface area contributed by atoms with Crippen molar-refractivity contribution in [1.29, 1.82) is 0 Å². The minimum absolute atomic E-state index is 0.0777. The van der Waals surface area contributed by atoms with E-state index in [-0.39, 0.29) is 11.5 Å². The molecule has 1 amide bonds. The number of halogens is 1. The largest absolute Gasteiger partial charge is 0.352 e. The molecule has 0 radical (unpaired) electrons. The Kier molecular flexibility index (Phi) is 8.17. The van der Waals surface area contributed by atoms with Crippen LogP contribution in [0.15, 0.2) is 51.7 Å². The van der Waals surface area contributed by atoms with Crippen molar-refractivity contribution >= 4 is 45.0 Å². The zero-order valence-electron chi connectivity index (χ0n) is 17.8. The monoisotopic (exact) mass is 503 g/mol. The van der Waals surface area contributed by atoms with Gasteiger partial charge in [-0.1, -0.05) is 28.1 Å². The summed E-state index contributed by atoms with van der Waals surface area (Å²) < 4.78 is 2.74. The molecule has 0 aliphatic rings. The highest BCUT2D eigenvalue weighted by Crippen LogP contribution is 2.16. The second-order valence-corrected chi connectivity index (χ2v) is 8.83. The lowest BCUT2D eigenvalue weighted by Crippen LogP contribution is -3.11. The molecule has 0 aliphatic heterocycles. The third-order valence-corrected chi connectivity index (χ3v) is 6.31. The first kappa shape index (κ1) is 23.4. The number of nitrogens with zero attached hydrogens (tertiary/aromatic N) is 1. The number of hydrogen-bond donors (Lipinski definition) is 3. The molecule has 3 N–H and O–H groups in total. The summed E-state index contributed by atoms with van der Waals surface area (Å²) in [6, 6.07) is 12.8. The van der Waals surface area contributed by atoms with Crippen molar-refractivity contribution in [3.8, 4) is 0 Å². The number of aromatic amines is 1. The van der Waals surface area contributed by atoms with Gasteiger partial charge in [0, 0.05) is 23.0 Å². The van der Waals surface area contributed by atoms with Crippen LogP contribution in [-0.4, -0.2) is 41.6 Å². The summed E-state index contributed by atoms with van der Waals surface area (Å²) in [6.45, 7) is 8.63. The molecule has 0 saturated heterocycles. The van der Waals surface area contributed by atoms with Crippen LogP contribution in [0.4, 0.5) is 0 Å². The van der Waals surface area contributed by atoms with Crippen molar-refractivity contribution < 1.29 is 9.69 Å². The van der Waals surface area contributed by atoms with Crippen molar-refractivity contribution in [3.63, 3.8) is 0 Å². The predicted molar refractivity (Wildman–Crippen MR) is 130 cm³/mol. The van der Waals surface area contributed by atoms with E-state index in [9.17, 15) is 9.59 Å². The summed E-state index contributed by atoms with van der Waals surface area (Å²) in [6.07, 6.45) is 0.958. The number of aromatic nitrogens is 2. The fourth-order valence-electron chi connectivity index (χ4n) is 3.56. The summed E-state index contributed by atoms with van der Waals surface area (Å²) in [5.74, 6) is -0.0777. The van der Waals surface area contributed by atoms with Gasteiger partial charge in [0.25, 0.3) is 11.5 Å².